The van der Waals surface area contributed by atoms with Crippen LogP contribution in [0.1, 0.15) is 37.9 Å². The van der Waals surface area contributed by atoms with Gasteiger partial charge in [-0.25, -0.2) is 4.98 Å². The molecule has 0 N–H and O–H groups in total. The Morgan fingerprint density at radius 3 is 2.83 bits per heavy atom. The average molecular weight is 338 g/mol. The fraction of sp³-hybridized carbons (Fsp3) is 0.444. The van der Waals surface area contributed by atoms with Crippen LogP contribution in [0.15, 0.2) is 28.3 Å². The summed E-state index contributed by atoms with van der Waals surface area (Å²) in [6, 6.07) is 5.98. The zero-order chi connectivity index (χ0) is 16.9. The quantitative estimate of drug-likeness (QED) is 0.787. The zero-order valence-corrected chi connectivity index (χ0v) is 14.6. The zero-order valence-electron chi connectivity index (χ0n) is 13.7. The molecular weight excluding hydrogens is 320 g/mol. The van der Waals surface area contributed by atoms with Gasteiger partial charge in [-0.15, -0.1) is 0 Å². The molecule has 0 saturated heterocycles. The summed E-state index contributed by atoms with van der Waals surface area (Å²) in [5.74, 6) is 1.34. The number of nitrogens with zero attached hydrogens (tertiary/aromatic N) is 4. The van der Waals surface area contributed by atoms with Crippen molar-refractivity contribution >= 4 is 11.8 Å². The summed E-state index contributed by atoms with van der Waals surface area (Å²) < 4.78 is 1.63. The van der Waals surface area contributed by atoms with Gasteiger partial charge in [0.25, 0.3) is 5.56 Å². The maximum atomic E-state index is 12.7. The molecular formula is C18H18N4OS. The van der Waals surface area contributed by atoms with Crippen molar-refractivity contribution in [2.75, 3.05) is 5.75 Å². The summed E-state index contributed by atoms with van der Waals surface area (Å²) in [5, 5.41) is 10.2. The van der Waals surface area contributed by atoms with Gasteiger partial charge in [-0.3, -0.25) is 14.3 Å². The van der Waals surface area contributed by atoms with E-state index in [0.717, 1.165) is 29.9 Å². The van der Waals surface area contributed by atoms with Gasteiger partial charge in [0.05, 0.1) is 5.69 Å². The first-order valence-electron chi connectivity index (χ1n) is 8.16. The maximum absolute atomic E-state index is 12.7. The van der Waals surface area contributed by atoms with E-state index in [2.05, 4.69) is 29.9 Å². The van der Waals surface area contributed by atoms with E-state index in [0.29, 0.717) is 23.3 Å². The van der Waals surface area contributed by atoms with E-state index in [1.54, 1.807) is 22.5 Å². The van der Waals surface area contributed by atoms with E-state index in [-0.39, 0.29) is 16.5 Å². The molecule has 4 rings (SSSR count). The highest BCUT2D eigenvalue weighted by atomic mass is 32.2. The highest BCUT2D eigenvalue weighted by molar-refractivity contribution is 7.99. The van der Waals surface area contributed by atoms with Gasteiger partial charge in [-0.05, 0) is 30.9 Å². The molecule has 0 unspecified atom stereocenters. The normalized spacial score (nSPS) is 21.0. The Morgan fingerprint density at radius 2 is 2.21 bits per heavy atom. The fourth-order valence-corrected chi connectivity index (χ4v) is 4.04. The summed E-state index contributed by atoms with van der Waals surface area (Å²) in [4.78, 5) is 21.9. The van der Waals surface area contributed by atoms with Crippen LogP contribution >= 0.6 is 11.8 Å². The van der Waals surface area contributed by atoms with Crippen molar-refractivity contribution in [1.29, 1.82) is 5.26 Å². The molecule has 0 aromatic carbocycles. The number of pyridine rings is 1. The van der Waals surface area contributed by atoms with Gasteiger partial charge in [-0.1, -0.05) is 25.6 Å². The molecule has 122 valence electrons. The molecule has 6 heteroatoms. The van der Waals surface area contributed by atoms with E-state index in [1.165, 1.54) is 0 Å². The monoisotopic (exact) mass is 338 g/mol. The second-order valence-electron chi connectivity index (χ2n) is 7.05. The van der Waals surface area contributed by atoms with E-state index in [4.69, 9.17) is 0 Å². The molecule has 3 heterocycles. The molecule has 24 heavy (non-hydrogen) atoms. The van der Waals surface area contributed by atoms with Gasteiger partial charge < -0.3 is 0 Å². The van der Waals surface area contributed by atoms with E-state index >= 15 is 0 Å². The van der Waals surface area contributed by atoms with Crippen molar-refractivity contribution in [3.05, 3.63) is 39.9 Å². The summed E-state index contributed by atoms with van der Waals surface area (Å²) in [7, 11) is 0. The van der Waals surface area contributed by atoms with E-state index < -0.39 is 0 Å². The number of rotatable bonds is 2. The van der Waals surface area contributed by atoms with Crippen LogP contribution in [0.2, 0.25) is 0 Å². The van der Waals surface area contributed by atoms with E-state index in [9.17, 15) is 10.1 Å². The minimum atomic E-state index is -0.241. The molecule has 5 nitrogen and oxygen atoms in total. The first-order chi connectivity index (χ1) is 11.5. The summed E-state index contributed by atoms with van der Waals surface area (Å²) >= 11 is 1.58. The number of fused-ring (bicyclic) bond motifs is 1. The van der Waals surface area contributed by atoms with Crippen LogP contribution in [-0.4, -0.2) is 20.3 Å². The number of thioether (sulfide) groups is 1. The molecule has 2 aromatic rings. The number of hydrogen-bond acceptors (Lipinski definition) is 5. The van der Waals surface area contributed by atoms with Gasteiger partial charge in [0.2, 0.25) is 0 Å². The topological polar surface area (TPSA) is 71.6 Å². The second kappa shape index (κ2) is 5.45. The fourth-order valence-electron chi connectivity index (χ4n) is 3.03. The lowest BCUT2D eigenvalue weighted by atomic mass is 10.0. The smallest absolute Gasteiger partial charge is 0.272 e. The molecule has 0 radical (unpaired) electrons. The number of hydrogen-bond donors (Lipinski definition) is 0. The minimum absolute atomic E-state index is 0.112. The van der Waals surface area contributed by atoms with Crippen LogP contribution in [0.5, 0.6) is 0 Å². The predicted octanol–water partition coefficient (Wildman–Crippen LogP) is 2.97. The van der Waals surface area contributed by atoms with Crippen LogP contribution < -0.4 is 5.56 Å². The van der Waals surface area contributed by atoms with Gasteiger partial charge in [0.1, 0.15) is 11.6 Å². The van der Waals surface area contributed by atoms with Gasteiger partial charge in [-0.2, -0.15) is 5.26 Å². The molecule has 2 aliphatic rings. The lowest BCUT2D eigenvalue weighted by Crippen LogP contribution is -2.32. The highest BCUT2D eigenvalue weighted by Gasteiger charge is 2.40. The Morgan fingerprint density at radius 1 is 1.42 bits per heavy atom. The van der Waals surface area contributed by atoms with Gasteiger partial charge in [0.15, 0.2) is 5.16 Å². The summed E-state index contributed by atoms with van der Waals surface area (Å²) in [6.45, 7) is 4.93. The molecule has 1 aliphatic heterocycles. The Hall–Kier alpha value is -2.13. The van der Waals surface area contributed by atoms with Crippen LogP contribution in [0, 0.1) is 17.2 Å². The predicted molar refractivity (Wildman–Crippen MR) is 92.9 cm³/mol. The molecule has 1 fully saturated rings. The summed E-state index contributed by atoms with van der Waals surface area (Å²) in [6.07, 6.45) is 4.07. The van der Waals surface area contributed by atoms with E-state index in [1.807, 2.05) is 12.1 Å². The van der Waals surface area contributed by atoms with Crippen LogP contribution in [0.3, 0.4) is 0 Å². The average Bonchev–Trinajstić information content (AvgIpc) is 3.34. The van der Waals surface area contributed by atoms with Crippen LogP contribution in [0.4, 0.5) is 0 Å². The first kappa shape index (κ1) is 15.4. The first-order valence-corrected chi connectivity index (χ1v) is 9.15. The molecule has 1 atom stereocenters. The van der Waals surface area contributed by atoms with Gasteiger partial charge in [0, 0.05) is 35.2 Å². The van der Waals surface area contributed by atoms with Crippen LogP contribution in [0.25, 0.3) is 11.3 Å². The Bertz CT molecular complexity index is 906. The Balaban J connectivity index is 1.82. The van der Waals surface area contributed by atoms with Crippen LogP contribution in [-0.2, 0) is 12.0 Å². The third-order valence-electron chi connectivity index (χ3n) is 4.89. The molecule has 2 aromatic heterocycles. The highest BCUT2D eigenvalue weighted by Crippen LogP contribution is 2.46. The van der Waals surface area contributed by atoms with Crippen molar-refractivity contribution in [3.63, 3.8) is 0 Å². The van der Waals surface area contributed by atoms with Crippen molar-refractivity contribution in [1.82, 2.24) is 14.5 Å². The summed E-state index contributed by atoms with van der Waals surface area (Å²) in [5.41, 5.74) is 2.33. The SMILES string of the molecule is C[C@H]1CSc2nc(-c3ccc(C4(C)CC4)nc3)c(C#N)c(=O)n2C1. The third-order valence-corrected chi connectivity index (χ3v) is 6.20. The van der Waals surface area contributed by atoms with Gasteiger partial charge >= 0.3 is 0 Å². The lowest BCUT2D eigenvalue weighted by Gasteiger charge is -2.22. The Kier molecular flexibility index (Phi) is 3.50. The third kappa shape index (κ3) is 2.44. The maximum Gasteiger partial charge on any atom is 0.272 e. The Labute approximate surface area is 144 Å². The van der Waals surface area contributed by atoms with Crippen molar-refractivity contribution in [2.24, 2.45) is 5.92 Å². The molecule has 0 spiro atoms. The second-order valence-corrected chi connectivity index (χ2v) is 8.04. The van der Waals surface area contributed by atoms with Crippen molar-refractivity contribution in [3.8, 4) is 17.3 Å². The standard InChI is InChI=1S/C18H18N4OS/c1-11-9-22-16(23)13(7-19)15(21-17(22)24-10-11)12-3-4-14(20-8-12)18(2)5-6-18/h3-4,8,11H,5-6,9-10H2,1-2H3/t11-/m1/s1. The number of aromatic nitrogens is 3. The molecule has 1 saturated carbocycles. The minimum Gasteiger partial charge on any atom is -0.286 e. The largest absolute Gasteiger partial charge is 0.286 e. The van der Waals surface area contributed by atoms with Crippen molar-refractivity contribution in [2.45, 2.75) is 43.8 Å². The lowest BCUT2D eigenvalue weighted by molar-refractivity contribution is 0.460. The number of nitriles is 1. The molecule has 0 amide bonds. The molecule has 1 aliphatic carbocycles. The van der Waals surface area contributed by atoms with Crippen molar-refractivity contribution < 1.29 is 0 Å². The molecule has 0 bridgehead atoms.